The number of benzene rings is 5. The van der Waals surface area contributed by atoms with Crippen molar-refractivity contribution >= 4 is 88.1 Å². The van der Waals surface area contributed by atoms with Crippen LogP contribution in [0.15, 0.2) is 150 Å². The third kappa shape index (κ3) is 90.7. The van der Waals surface area contributed by atoms with E-state index in [1.807, 2.05) is 132 Å². The Morgan fingerprint density at radius 3 is 0.685 bits per heavy atom. The molecule has 2 N–H and O–H groups in total. The van der Waals surface area contributed by atoms with Gasteiger partial charge in [-0.05, 0) is 270 Å². The van der Waals surface area contributed by atoms with Gasteiger partial charge < -0.3 is 57.3 Å². The largest absolute Gasteiger partial charge is 1.00 e. The Kier molecular flexibility index (Phi) is 104. The third-order valence-corrected chi connectivity index (χ3v) is 28.3. The zero-order valence-electron chi connectivity index (χ0n) is 100. The van der Waals surface area contributed by atoms with Crippen LogP contribution >= 0.6 is 0 Å². The van der Waals surface area contributed by atoms with Gasteiger partial charge in [0.25, 0.3) is 0 Å². The molecule has 0 saturated heterocycles. The molecule has 0 fully saturated rings. The molecular weight excluding hydrogens is 2040 g/mol. The van der Waals surface area contributed by atoms with Gasteiger partial charge in [0.15, 0.2) is 0 Å². The Labute approximate surface area is 1010 Å². The van der Waals surface area contributed by atoms with Crippen LogP contribution in [0.1, 0.15) is 403 Å². The van der Waals surface area contributed by atoms with Crippen LogP contribution in [-0.4, -0.2) is 169 Å². The molecule has 5 aromatic carbocycles. The topological polar surface area (TPSA) is 445 Å². The van der Waals surface area contributed by atoms with Crippen LogP contribution in [0, 0.1) is 44.8 Å². The number of nitrogens with one attached hydrogen (secondary N) is 2. The van der Waals surface area contributed by atoms with Crippen molar-refractivity contribution in [3.8, 4) is 0 Å². The van der Waals surface area contributed by atoms with Gasteiger partial charge in [0.1, 0.15) is 10.1 Å². The number of hydrogen-bond acceptors (Lipinski definition) is 26. The molecule has 5 rings (SSSR count). The molecule has 36 heteroatoms. The number of hydrogen-bond donors (Lipinski definition) is 2. The molecule has 0 aromatic heterocycles. The fourth-order valence-electron chi connectivity index (χ4n) is 10.4. The molecule has 840 valence electrons. The third-order valence-electron chi connectivity index (χ3n) is 24.5. The van der Waals surface area contributed by atoms with E-state index in [0.717, 1.165) is 44.1 Å². The average Bonchev–Trinajstić information content (AvgIpc) is 0.851. The second kappa shape index (κ2) is 91.0. The van der Waals surface area contributed by atoms with Gasteiger partial charge in [0, 0.05) is 28.7 Å². The Morgan fingerprint density at radius 1 is 0.295 bits per heavy atom. The van der Waals surface area contributed by atoms with Gasteiger partial charge in [-0.1, -0.05) is 279 Å². The smallest absolute Gasteiger partial charge is 0.748 e. The minimum Gasteiger partial charge on any atom is -0.748 e. The standard InChI is InChI=1S/C10H14O3S.4C10H14.2C9H19NO4S.C9H18O5S.C8H16O2.4C7H14O2.K.3Na/c1-3-8(2)9-4-6-10(7-5-9)14(11,12)13;4*1-3-9(2)10-7-5-4-6-8-10;2*1-5-7(2)8(11)10-9(3,4)6-15(12,13)14;1-4-9(2,3)8(10)14-6-5-7-15(11,12)13;1-5-8(3,4)7(9)10-6-2;3*1-5-7(2,3)6(8)9-4;1-4-6(3)7(8)9-5-2;;;;/h4-8H,3H2,1-2H3,(H,11,12,13);4*4-9H,3H2,1-2H3;2*7H,5-6H2,1-4H3,(H,10,11)(H,12,13,14);4-7H2,1-3H3,(H,11,12,13);5-6H2,1-4H3;3*5H2,1-4H3;6H,4-5H2,1-3H3;;;;/q;;;;;;;;;;;;;4*+1/p-4. The molecular formula is C113H194KN2Na3O26S4. The number of carbonyl (C=O) groups excluding carboxylic acids is 8. The minimum absolute atomic E-state index is 0. The van der Waals surface area contributed by atoms with E-state index in [9.17, 15) is 90.2 Å². The summed E-state index contributed by atoms with van der Waals surface area (Å²) in [6.07, 6.45) is 12.1. The molecule has 5 aromatic rings. The summed E-state index contributed by atoms with van der Waals surface area (Å²) < 4.78 is 154. The summed E-state index contributed by atoms with van der Waals surface area (Å²) in [6, 6.07) is 48.7. The molecule has 0 spiro atoms. The normalized spacial score (nSPS) is 12.6. The predicted octanol–water partition coefficient (Wildman–Crippen LogP) is 13.1. The minimum atomic E-state index is -4.32. The molecule has 149 heavy (non-hydrogen) atoms. The van der Waals surface area contributed by atoms with Gasteiger partial charge in [-0.25, -0.2) is 33.7 Å². The SMILES string of the molecule is CCC(C)(C)C(=O)OC.CCC(C)(C)C(=O)OC.CCC(C)(C)C(=O)OC.CCC(C)(C)C(=O)OCCCS(=O)(=O)[O-].CCC(C)C(=O)NC(C)(C)CS(=O)(=O)[O-].CCC(C)C(=O)NC(C)(C)CS(=O)(=O)[O-].CCC(C)c1ccc(S(=O)(=O)[O-])cc1.CCC(C)c1ccccc1.CCC(C)c1ccccc1.CCC(C)c1ccccc1.CCC(C)c1ccccc1.CCOC(=O)C(C)(C)CC.CCOC(=O)C(C)CC.[K+].[Na+].[Na+].[Na+]. The molecule has 0 bridgehead atoms. The summed E-state index contributed by atoms with van der Waals surface area (Å²) >= 11 is 0. The van der Waals surface area contributed by atoms with Crippen LogP contribution in [0.2, 0.25) is 0 Å². The summed E-state index contributed by atoms with van der Waals surface area (Å²) in [5.41, 5.74) is 3.03. The molecule has 8 unspecified atom stereocenters. The van der Waals surface area contributed by atoms with E-state index >= 15 is 0 Å². The van der Waals surface area contributed by atoms with Crippen LogP contribution in [0.4, 0.5) is 0 Å². The van der Waals surface area contributed by atoms with Crippen LogP contribution in [0.25, 0.3) is 0 Å². The maximum Gasteiger partial charge on any atom is 1.00 e. The summed E-state index contributed by atoms with van der Waals surface area (Å²) in [5, 5.41) is 5.09. The summed E-state index contributed by atoms with van der Waals surface area (Å²) in [5.74, 6) is -0.175. The Balaban J connectivity index is -0.000000137. The van der Waals surface area contributed by atoms with E-state index in [-0.39, 0.29) is 245 Å². The van der Waals surface area contributed by atoms with Crippen molar-refractivity contribution in [3.05, 3.63) is 173 Å². The monoisotopic (exact) mass is 2230 g/mol. The fraction of sp³-hybridized carbons (Fsp3) is 0.664. The Bertz CT molecular complexity index is 4450. The molecule has 0 aliphatic heterocycles. The van der Waals surface area contributed by atoms with Crippen molar-refractivity contribution in [2.75, 3.05) is 58.4 Å². The quantitative estimate of drug-likeness (QED) is 0.0121. The first-order valence-electron chi connectivity index (χ1n) is 51.0. The van der Waals surface area contributed by atoms with Crippen molar-refractivity contribution in [1.29, 1.82) is 0 Å². The summed E-state index contributed by atoms with van der Waals surface area (Å²) in [4.78, 5) is 88.5. The van der Waals surface area contributed by atoms with Gasteiger partial charge >= 0.3 is 176 Å². The van der Waals surface area contributed by atoms with Crippen molar-refractivity contribution in [3.63, 3.8) is 0 Å². The summed E-state index contributed by atoms with van der Waals surface area (Å²) in [7, 11) is -12.9. The number of carbonyl (C=O) groups is 8. The van der Waals surface area contributed by atoms with E-state index in [1.54, 1.807) is 39.8 Å². The molecule has 0 saturated carbocycles. The average molecular weight is 2230 g/mol. The van der Waals surface area contributed by atoms with Crippen LogP contribution in [0.5, 0.6) is 0 Å². The van der Waals surface area contributed by atoms with Crippen molar-refractivity contribution < 1.29 is 259 Å². The molecule has 0 heterocycles. The van der Waals surface area contributed by atoms with Gasteiger partial charge in [0.05, 0.1) is 121 Å². The predicted molar refractivity (Wildman–Crippen MR) is 585 cm³/mol. The van der Waals surface area contributed by atoms with Gasteiger partial charge in [-0.2, -0.15) is 0 Å². The molecule has 0 radical (unpaired) electrons. The van der Waals surface area contributed by atoms with Crippen molar-refractivity contribution in [2.45, 2.75) is 392 Å². The second-order valence-corrected chi connectivity index (χ2v) is 45.9. The van der Waals surface area contributed by atoms with E-state index in [2.05, 4.69) is 215 Å². The van der Waals surface area contributed by atoms with Crippen LogP contribution in [0.3, 0.4) is 0 Å². The first-order valence-corrected chi connectivity index (χ1v) is 57.1. The van der Waals surface area contributed by atoms with E-state index in [4.69, 9.17) is 14.2 Å². The fourth-order valence-corrected chi connectivity index (χ4v) is 13.3. The zero-order chi connectivity index (χ0) is 115. The van der Waals surface area contributed by atoms with Crippen LogP contribution < -0.4 is 151 Å². The zero-order valence-corrected chi connectivity index (χ0v) is 113. The van der Waals surface area contributed by atoms with E-state index < -0.39 is 74.2 Å². The van der Waals surface area contributed by atoms with Crippen molar-refractivity contribution in [1.82, 2.24) is 10.6 Å². The molecule has 2 amide bonds. The van der Waals surface area contributed by atoms with Gasteiger partial charge in [-0.15, -0.1) is 0 Å². The van der Waals surface area contributed by atoms with Gasteiger partial charge in [-0.3, -0.25) is 38.4 Å². The summed E-state index contributed by atoms with van der Waals surface area (Å²) in [6.45, 7) is 72.0. The van der Waals surface area contributed by atoms with E-state index in [0.29, 0.717) is 62.1 Å². The molecule has 8 atom stereocenters. The van der Waals surface area contributed by atoms with E-state index in [1.165, 1.54) is 109 Å². The Morgan fingerprint density at radius 2 is 0.510 bits per heavy atom. The second-order valence-electron chi connectivity index (χ2n) is 40.2. The number of esters is 6. The maximum atomic E-state index is 11.5. The number of methoxy groups -OCH3 is 3. The van der Waals surface area contributed by atoms with Crippen LogP contribution in [-0.2, 0) is 107 Å². The molecule has 28 nitrogen and oxygen atoms in total. The number of rotatable bonds is 39. The molecule has 0 aliphatic rings. The first kappa shape index (κ1) is 170. The molecule has 0 aliphatic carbocycles. The van der Waals surface area contributed by atoms with Crippen molar-refractivity contribution in [2.24, 2.45) is 44.8 Å². The number of amides is 2. The number of ether oxygens (including phenoxy) is 6. The Hall–Kier alpha value is -3.86. The van der Waals surface area contributed by atoms with Gasteiger partial charge in [0.2, 0.25) is 11.8 Å². The first-order chi connectivity index (χ1) is 66.5. The maximum absolute atomic E-state index is 11.5.